The van der Waals surface area contributed by atoms with E-state index in [9.17, 15) is 4.79 Å². The molecule has 116 valence electrons. The first-order chi connectivity index (χ1) is 10.6. The average Bonchev–Trinajstić information content (AvgIpc) is 3.15. The molecule has 6 nitrogen and oxygen atoms in total. The molecule has 3 heterocycles. The van der Waals surface area contributed by atoms with Crippen molar-refractivity contribution in [3.05, 3.63) is 41.1 Å². The Labute approximate surface area is 129 Å². The highest BCUT2D eigenvalue weighted by atomic mass is 16.3. The minimum absolute atomic E-state index is 0.143. The number of hydrogen-bond donors (Lipinski definition) is 1. The Morgan fingerprint density at radius 2 is 2.14 bits per heavy atom. The second-order valence-electron chi connectivity index (χ2n) is 5.55. The Morgan fingerprint density at radius 3 is 2.82 bits per heavy atom. The molecule has 0 saturated carbocycles. The van der Waals surface area contributed by atoms with Crippen LogP contribution in [0, 0.1) is 13.8 Å². The van der Waals surface area contributed by atoms with Crippen LogP contribution >= 0.6 is 0 Å². The second kappa shape index (κ2) is 6.17. The maximum absolute atomic E-state index is 12.2. The van der Waals surface area contributed by atoms with Crippen molar-refractivity contribution in [2.75, 3.05) is 18.0 Å². The molecule has 1 aliphatic heterocycles. The third-order valence-electron chi connectivity index (χ3n) is 3.81. The predicted octanol–water partition coefficient (Wildman–Crippen LogP) is 2.22. The van der Waals surface area contributed by atoms with Crippen LogP contribution in [0.3, 0.4) is 0 Å². The first-order valence-corrected chi connectivity index (χ1v) is 7.55. The van der Waals surface area contributed by atoms with Gasteiger partial charge in [-0.15, -0.1) is 0 Å². The fourth-order valence-corrected chi connectivity index (χ4v) is 2.67. The van der Waals surface area contributed by atoms with Crippen LogP contribution in [-0.4, -0.2) is 29.0 Å². The summed E-state index contributed by atoms with van der Waals surface area (Å²) in [7, 11) is 0. The van der Waals surface area contributed by atoms with Crippen molar-refractivity contribution in [2.24, 2.45) is 0 Å². The van der Waals surface area contributed by atoms with Crippen LogP contribution in [-0.2, 0) is 6.54 Å². The number of amides is 1. The minimum atomic E-state index is -0.143. The maximum atomic E-state index is 12.2. The smallest absolute Gasteiger partial charge is 0.255 e. The number of aromatic nitrogens is 2. The van der Waals surface area contributed by atoms with Gasteiger partial charge < -0.3 is 14.6 Å². The minimum Gasteiger partial charge on any atom is -0.466 e. The highest BCUT2D eigenvalue weighted by Crippen LogP contribution is 2.16. The van der Waals surface area contributed by atoms with E-state index in [0.29, 0.717) is 17.9 Å². The molecule has 1 aliphatic rings. The topological polar surface area (TPSA) is 71.3 Å². The predicted molar refractivity (Wildman–Crippen MR) is 82.8 cm³/mol. The van der Waals surface area contributed by atoms with Gasteiger partial charge in [-0.3, -0.25) is 4.79 Å². The highest BCUT2D eigenvalue weighted by molar-refractivity contribution is 5.95. The van der Waals surface area contributed by atoms with E-state index in [0.717, 1.165) is 30.5 Å². The molecule has 0 radical (unpaired) electrons. The monoisotopic (exact) mass is 300 g/mol. The molecule has 1 amide bonds. The molecule has 22 heavy (non-hydrogen) atoms. The van der Waals surface area contributed by atoms with Gasteiger partial charge >= 0.3 is 0 Å². The molecule has 0 atom stereocenters. The van der Waals surface area contributed by atoms with Crippen molar-refractivity contribution in [3.63, 3.8) is 0 Å². The summed E-state index contributed by atoms with van der Waals surface area (Å²) in [5, 5.41) is 2.88. The van der Waals surface area contributed by atoms with Crippen LogP contribution in [0.5, 0.6) is 0 Å². The molecule has 2 aromatic heterocycles. The van der Waals surface area contributed by atoms with Crippen LogP contribution in [0.1, 0.15) is 40.4 Å². The van der Waals surface area contributed by atoms with Gasteiger partial charge in [-0.1, -0.05) is 0 Å². The molecule has 0 aliphatic carbocycles. The van der Waals surface area contributed by atoms with Crippen LogP contribution in [0.25, 0.3) is 0 Å². The molecule has 0 aromatic carbocycles. The molecule has 0 spiro atoms. The number of carbonyl (C=O) groups excluding carboxylic acids is 1. The van der Waals surface area contributed by atoms with E-state index in [1.165, 1.54) is 12.8 Å². The zero-order valence-electron chi connectivity index (χ0n) is 12.9. The molecule has 6 heteroatoms. The normalized spacial score (nSPS) is 14.4. The highest BCUT2D eigenvalue weighted by Gasteiger charge is 2.16. The van der Waals surface area contributed by atoms with E-state index in [1.54, 1.807) is 19.2 Å². The van der Waals surface area contributed by atoms with E-state index in [2.05, 4.69) is 20.2 Å². The Bertz CT molecular complexity index is 675. The van der Waals surface area contributed by atoms with Crippen molar-refractivity contribution in [2.45, 2.75) is 33.2 Å². The summed E-state index contributed by atoms with van der Waals surface area (Å²) in [4.78, 5) is 23.2. The van der Waals surface area contributed by atoms with Gasteiger partial charge in [-0.2, -0.15) is 0 Å². The molecular formula is C16H20N4O2. The van der Waals surface area contributed by atoms with E-state index in [-0.39, 0.29) is 5.91 Å². The molecule has 1 saturated heterocycles. The van der Waals surface area contributed by atoms with Gasteiger partial charge in [0.25, 0.3) is 5.91 Å². The molecule has 1 fully saturated rings. The zero-order valence-corrected chi connectivity index (χ0v) is 12.9. The molecule has 1 N–H and O–H groups in total. The molecular weight excluding hydrogens is 280 g/mol. The standard InChI is InChI=1S/C16H20N4O2/c1-11-9-14(12(2)22-11)15(21)18-10-13-5-6-17-16(19-13)20-7-3-4-8-20/h5-6,9H,3-4,7-8,10H2,1-2H3,(H,18,21). The fraction of sp³-hybridized carbons (Fsp3) is 0.438. The van der Waals surface area contributed by atoms with Gasteiger partial charge in [0, 0.05) is 19.3 Å². The molecule has 3 rings (SSSR count). The third kappa shape index (κ3) is 3.10. The first kappa shape index (κ1) is 14.6. The Morgan fingerprint density at radius 1 is 1.36 bits per heavy atom. The number of nitrogens with one attached hydrogen (secondary N) is 1. The lowest BCUT2D eigenvalue weighted by atomic mass is 10.2. The molecule has 0 bridgehead atoms. The largest absolute Gasteiger partial charge is 0.466 e. The van der Waals surface area contributed by atoms with Crippen molar-refractivity contribution >= 4 is 11.9 Å². The number of anilines is 1. The van der Waals surface area contributed by atoms with Crippen molar-refractivity contribution in [1.29, 1.82) is 0 Å². The van der Waals surface area contributed by atoms with E-state index >= 15 is 0 Å². The lowest BCUT2D eigenvalue weighted by molar-refractivity contribution is 0.0949. The van der Waals surface area contributed by atoms with Gasteiger partial charge in [0.05, 0.1) is 17.8 Å². The Balaban J connectivity index is 1.65. The lowest BCUT2D eigenvalue weighted by Crippen LogP contribution is -2.25. The number of hydrogen-bond acceptors (Lipinski definition) is 5. The Kier molecular flexibility index (Phi) is 4.09. The summed E-state index contributed by atoms with van der Waals surface area (Å²) in [6, 6.07) is 3.58. The summed E-state index contributed by atoms with van der Waals surface area (Å²) in [5.74, 6) is 1.98. The number of aryl methyl sites for hydroxylation is 2. The fourth-order valence-electron chi connectivity index (χ4n) is 2.67. The van der Waals surface area contributed by atoms with Crippen molar-refractivity contribution in [3.8, 4) is 0 Å². The summed E-state index contributed by atoms with van der Waals surface area (Å²) < 4.78 is 5.38. The van der Waals surface area contributed by atoms with Crippen LogP contribution in [0.15, 0.2) is 22.7 Å². The zero-order chi connectivity index (χ0) is 15.5. The van der Waals surface area contributed by atoms with E-state index in [1.807, 2.05) is 13.0 Å². The van der Waals surface area contributed by atoms with E-state index in [4.69, 9.17) is 4.42 Å². The summed E-state index contributed by atoms with van der Waals surface area (Å²) in [5.41, 5.74) is 1.38. The number of furan rings is 1. The maximum Gasteiger partial charge on any atom is 0.255 e. The summed E-state index contributed by atoms with van der Waals surface area (Å²) >= 11 is 0. The van der Waals surface area contributed by atoms with Crippen LogP contribution < -0.4 is 10.2 Å². The van der Waals surface area contributed by atoms with Crippen molar-refractivity contribution < 1.29 is 9.21 Å². The molecule has 2 aromatic rings. The second-order valence-corrected chi connectivity index (χ2v) is 5.55. The third-order valence-corrected chi connectivity index (χ3v) is 3.81. The summed E-state index contributed by atoms with van der Waals surface area (Å²) in [6.45, 7) is 6.01. The van der Waals surface area contributed by atoms with Gasteiger partial charge in [0.2, 0.25) is 5.95 Å². The lowest BCUT2D eigenvalue weighted by Gasteiger charge is -2.15. The average molecular weight is 300 g/mol. The van der Waals surface area contributed by atoms with Gasteiger partial charge in [0.15, 0.2) is 0 Å². The number of rotatable bonds is 4. The van der Waals surface area contributed by atoms with Crippen LogP contribution in [0.2, 0.25) is 0 Å². The first-order valence-electron chi connectivity index (χ1n) is 7.55. The van der Waals surface area contributed by atoms with Crippen molar-refractivity contribution in [1.82, 2.24) is 15.3 Å². The number of nitrogens with zero attached hydrogens (tertiary/aromatic N) is 3. The SMILES string of the molecule is Cc1cc(C(=O)NCc2ccnc(N3CCCC3)n2)c(C)o1. The van der Waals surface area contributed by atoms with E-state index < -0.39 is 0 Å². The molecule has 0 unspecified atom stereocenters. The summed E-state index contributed by atoms with van der Waals surface area (Å²) in [6.07, 6.45) is 4.11. The number of carbonyl (C=O) groups is 1. The van der Waals surface area contributed by atoms with Gasteiger partial charge in [0.1, 0.15) is 11.5 Å². The van der Waals surface area contributed by atoms with Gasteiger partial charge in [-0.25, -0.2) is 9.97 Å². The quantitative estimate of drug-likeness (QED) is 0.937. The van der Waals surface area contributed by atoms with Crippen LogP contribution in [0.4, 0.5) is 5.95 Å². The Hall–Kier alpha value is -2.37. The van der Waals surface area contributed by atoms with Gasteiger partial charge in [-0.05, 0) is 38.8 Å².